The smallest absolute Gasteiger partial charge is 0.290 e. The van der Waals surface area contributed by atoms with Crippen molar-refractivity contribution in [3.63, 3.8) is 0 Å². The summed E-state index contributed by atoms with van der Waals surface area (Å²) in [5.74, 6) is 0.253. The van der Waals surface area contributed by atoms with Crippen LogP contribution in [0.15, 0.2) is 99.5 Å². The first-order chi connectivity index (χ1) is 19.2. The fraction of sp³-hybridized carbons (Fsp3) is 0.107. The highest BCUT2D eigenvalue weighted by atomic mass is 35.5. The number of hydrogen-bond donors (Lipinski definition) is 1. The van der Waals surface area contributed by atoms with E-state index in [9.17, 15) is 13.2 Å². The highest BCUT2D eigenvalue weighted by Gasteiger charge is 2.26. The number of hydrogen-bond acceptors (Lipinski definition) is 6. The molecule has 0 fully saturated rings. The SMILES string of the molecule is Cc1nc2ccc(Cl)cn2c1C(=O)N/N=C/c1ccc(CN(Cc2ccc(Cl)cc2)S(=O)(=O)c2ccccc2)o1. The molecule has 0 unspecified atom stereocenters. The van der Waals surface area contributed by atoms with Crippen LogP contribution in [0.4, 0.5) is 0 Å². The normalized spacial score (nSPS) is 12.0. The zero-order valence-electron chi connectivity index (χ0n) is 21.2. The van der Waals surface area contributed by atoms with E-state index in [0.717, 1.165) is 5.56 Å². The second-order valence-corrected chi connectivity index (χ2v) is 11.6. The molecule has 5 aromatic rings. The van der Waals surface area contributed by atoms with Crippen LogP contribution in [-0.4, -0.2) is 34.2 Å². The number of hydrazone groups is 1. The number of benzene rings is 2. The molecule has 0 saturated carbocycles. The molecule has 0 radical (unpaired) electrons. The first-order valence-corrected chi connectivity index (χ1v) is 14.3. The minimum Gasteiger partial charge on any atom is -0.459 e. The number of carbonyl (C=O) groups excluding carboxylic acids is 1. The average Bonchev–Trinajstić information content (AvgIpc) is 3.52. The molecule has 204 valence electrons. The van der Waals surface area contributed by atoms with Crippen LogP contribution < -0.4 is 5.43 Å². The standard InChI is InChI=1S/C28H23Cl2N5O4S/c1-19-27(35-17-22(30)11-14-26(35)32-19)28(36)33-31-15-23-12-13-24(39-23)18-34(16-20-7-9-21(29)10-8-20)40(37,38)25-5-3-2-4-6-25/h2-15,17H,16,18H2,1H3,(H,33,36)/b31-15+. The summed E-state index contributed by atoms with van der Waals surface area (Å²) in [4.78, 5) is 17.3. The Morgan fingerprint density at radius 1 is 1.00 bits per heavy atom. The molecule has 0 saturated heterocycles. The number of aryl methyl sites for hydroxylation is 1. The van der Waals surface area contributed by atoms with Crippen LogP contribution in [0, 0.1) is 6.92 Å². The molecular weight excluding hydrogens is 573 g/mol. The molecule has 3 aromatic heterocycles. The van der Waals surface area contributed by atoms with Crippen molar-refractivity contribution in [2.75, 3.05) is 0 Å². The Morgan fingerprint density at radius 2 is 1.73 bits per heavy atom. The zero-order valence-corrected chi connectivity index (χ0v) is 23.5. The number of rotatable bonds is 9. The van der Waals surface area contributed by atoms with Gasteiger partial charge >= 0.3 is 0 Å². The number of fused-ring (bicyclic) bond motifs is 1. The summed E-state index contributed by atoms with van der Waals surface area (Å²) in [6.07, 6.45) is 2.94. The Morgan fingerprint density at radius 3 is 2.48 bits per heavy atom. The number of furan rings is 1. The lowest BCUT2D eigenvalue weighted by Crippen LogP contribution is -2.30. The molecule has 40 heavy (non-hydrogen) atoms. The second kappa shape index (κ2) is 11.6. The van der Waals surface area contributed by atoms with Gasteiger partial charge in [-0.1, -0.05) is 53.5 Å². The lowest BCUT2D eigenvalue weighted by atomic mass is 10.2. The van der Waals surface area contributed by atoms with E-state index in [1.54, 1.807) is 96.4 Å². The third kappa shape index (κ3) is 6.10. The highest BCUT2D eigenvalue weighted by molar-refractivity contribution is 7.89. The Labute approximate surface area is 240 Å². The second-order valence-electron chi connectivity index (χ2n) is 8.84. The summed E-state index contributed by atoms with van der Waals surface area (Å²) in [6.45, 7) is 1.80. The first kappa shape index (κ1) is 27.6. The van der Waals surface area contributed by atoms with Crippen molar-refractivity contribution in [2.45, 2.75) is 24.9 Å². The molecule has 0 spiro atoms. The van der Waals surface area contributed by atoms with E-state index < -0.39 is 15.9 Å². The number of nitrogens with one attached hydrogen (secondary N) is 1. The first-order valence-electron chi connectivity index (χ1n) is 12.1. The molecule has 0 aliphatic heterocycles. The van der Waals surface area contributed by atoms with Crippen LogP contribution in [0.3, 0.4) is 0 Å². The molecule has 0 aliphatic rings. The van der Waals surface area contributed by atoms with Crippen LogP contribution in [-0.2, 0) is 23.1 Å². The van der Waals surface area contributed by atoms with E-state index in [2.05, 4.69) is 15.5 Å². The lowest BCUT2D eigenvalue weighted by Gasteiger charge is -2.21. The number of sulfonamides is 1. The van der Waals surface area contributed by atoms with Gasteiger partial charge in [-0.15, -0.1) is 0 Å². The number of amides is 1. The number of pyridine rings is 1. The largest absolute Gasteiger partial charge is 0.459 e. The maximum absolute atomic E-state index is 13.5. The van der Waals surface area contributed by atoms with Gasteiger partial charge in [-0.2, -0.15) is 9.41 Å². The van der Waals surface area contributed by atoms with Crippen LogP contribution in [0.5, 0.6) is 0 Å². The summed E-state index contributed by atoms with van der Waals surface area (Å²) >= 11 is 12.1. The molecule has 0 bridgehead atoms. The fourth-order valence-corrected chi connectivity index (χ4v) is 5.80. The predicted octanol–water partition coefficient (Wildman–Crippen LogP) is 5.70. The van der Waals surface area contributed by atoms with E-state index in [4.69, 9.17) is 27.6 Å². The van der Waals surface area contributed by atoms with E-state index in [0.29, 0.717) is 38.6 Å². The topological polar surface area (TPSA) is 109 Å². The van der Waals surface area contributed by atoms with E-state index in [1.807, 2.05) is 0 Å². The quantitative estimate of drug-likeness (QED) is 0.174. The maximum Gasteiger partial charge on any atom is 0.290 e. The number of nitrogens with zero attached hydrogens (tertiary/aromatic N) is 4. The minimum absolute atomic E-state index is 0.0260. The predicted molar refractivity (Wildman–Crippen MR) is 153 cm³/mol. The lowest BCUT2D eigenvalue weighted by molar-refractivity contribution is 0.0948. The van der Waals surface area contributed by atoms with Gasteiger partial charge in [-0.3, -0.25) is 9.20 Å². The molecule has 0 atom stereocenters. The molecule has 1 amide bonds. The summed E-state index contributed by atoms with van der Waals surface area (Å²) in [6, 6.07) is 21.9. The molecule has 2 aromatic carbocycles. The molecule has 12 heteroatoms. The van der Waals surface area contributed by atoms with Gasteiger partial charge in [0.2, 0.25) is 10.0 Å². The van der Waals surface area contributed by atoms with E-state index >= 15 is 0 Å². The molecule has 0 aliphatic carbocycles. The van der Waals surface area contributed by atoms with Crippen molar-refractivity contribution in [2.24, 2.45) is 5.10 Å². The van der Waals surface area contributed by atoms with Crippen molar-refractivity contribution in [3.8, 4) is 0 Å². The van der Waals surface area contributed by atoms with Gasteiger partial charge in [0.05, 0.1) is 28.4 Å². The summed E-state index contributed by atoms with van der Waals surface area (Å²) < 4.78 is 35.7. The number of imidazole rings is 1. The van der Waals surface area contributed by atoms with Gasteiger partial charge in [-0.05, 0) is 61.0 Å². The van der Waals surface area contributed by atoms with Gasteiger partial charge < -0.3 is 4.42 Å². The fourth-order valence-electron chi connectivity index (χ4n) is 4.10. The summed E-state index contributed by atoms with van der Waals surface area (Å²) in [5, 5.41) is 5.02. The van der Waals surface area contributed by atoms with Gasteiger partial charge in [0.1, 0.15) is 22.9 Å². The van der Waals surface area contributed by atoms with Gasteiger partial charge in [0.15, 0.2) is 0 Å². The number of carbonyl (C=O) groups is 1. The third-order valence-corrected chi connectivity index (χ3v) is 8.28. The van der Waals surface area contributed by atoms with Crippen LogP contribution >= 0.6 is 23.2 Å². The van der Waals surface area contributed by atoms with Gasteiger partial charge in [-0.25, -0.2) is 18.8 Å². The van der Waals surface area contributed by atoms with Crippen molar-refractivity contribution in [3.05, 3.63) is 124 Å². The van der Waals surface area contributed by atoms with Crippen molar-refractivity contribution >= 4 is 51.0 Å². The van der Waals surface area contributed by atoms with E-state index in [-0.39, 0.29) is 18.0 Å². The maximum atomic E-state index is 13.5. The Hall–Kier alpha value is -3.96. The van der Waals surface area contributed by atoms with E-state index in [1.165, 1.54) is 10.5 Å². The van der Waals surface area contributed by atoms with Crippen molar-refractivity contribution < 1.29 is 17.6 Å². The Kier molecular flexibility index (Phi) is 8.04. The van der Waals surface area contributed by atoms with Gasteiger partial charge in [0.25, 0.3) is 5.91 Å². The Balaban J connectivity index is 1.32. The average molecular weight is 596 g/mol. The summed E-state index contributed by atoms with van der Waals surface area (Å²) in [7, 11) is -3.84. The number of halogens is 2. The minimum atomic E-state index is -3.84. The Bertz CT molecular complexity index is 1800. The van der Waals surface area contributed by atoms with Gasteiger partial charge in [0, 0.05) is 17.8 Å². The molecule has 9 nitrogen and oxygen atoms in total. The van der Waals surface area contributed by atoms with Crippen LogP contribution in [0.1, 0.15) is 33.3 Å². The third-order valence-electron chi connectivity index (χ3n) is 6.00. The molecule has 5 rings (SSSR count). The van der Waals surface area contributed by atoms with Crippen molar-refractivity contribution in [1.29, 1.82) is 0 Å². The molecular formula is C28H23Cl2N5O4S. The monoisotopic (exact) mass is 595 g/mol. The highest BCUT2D eigenvalue weighted by Crippen LogP contribution is 2.23. The molecule has 1 N–H and O–H groups in total. The number of aromatic nitrogens is 2. The zero-order chi connectivity index (χ0) is 28.3. The molecule has 3 heterocycles. The van der Waals surface area contributed by atoms with Crippen LogP contribution in [0.25, 0.3) is 5.65 Å². The summed E-state index contributed by atoms with van der Waals surface area (Å²) in [5.41, 5.74) is 4.65. The van der Waals surface area contributed by atoms with Crippen molar-refractivity contribution in [1.82, 2.24) is 19.1 Å². The van der Waals surface area contributed by atoms with Crippen LogP contribution in [0.2, 0.25) is 10.0 Å².